The zero-order valence-electron chi connectivity index (χ0n) is 15.1. The molecule has 5 nitrogen and oxygen atoms in total. The summed E-state index contributed by atoms with van der Waals surface area (Å²) < 4.78 is 34.0. The normalized spacial score (nSPS) is 11.1. The summed E-state index contributed by atoms with van der Waals surface area (Å²) in [7, 11) is 1.94. The Balaban J connectivity index is 1.42. The Bertz CT molecular complexity index is 1160. The number of para-hydroxylation sites is 1. The van der Waals surface area contributed by atoms with Crippen molar-refractivity contribution in [2.24, 2.45) is 7.05 Å². The number of rotatable bonds is 5. The SMILES string of the molecule is Cn1cc(CC(=O)NCc2cc(-c3ccc(F)cc3F)on2)c2ccccc21. The van der Waals surface area contributed by atoms with Gasteiger partial charge in [0.2, 0.25) is 5.91 Å². The highest BCUT2D eigenvalue weighted by molar-refractivity contribution is 5.89. The first-order valence-electron chi connectivity index (χ1n) is 8.72. The van der Waals surface area contributed by atoms with Crippen LogP contribution in [0, 0.1) is 11.6 Å². The van der Waals surface area contributed by atoms with Gasteiger partial charge in [0.15, 0.2) is 5.76 Å². The third-order valence-corrected chi connectivity index (χ3v) is 4.55. The van der Waals surface area contributed by atoms with Crippen molar-refractivity contribution < 1.29 is 18.1 Å². The Morgan fingerprint density at radius 1 is 1.18 bits per heavy atom. The first-order valence-corrected chi connectivity index (χ1v) is 8.72. The van der Waals surface area contributed by atoms with E-state index in [2.05, 4.69) is 10.5 Å². The van der Waals surface area contributed by atoms with Crippen molar-refractivity contribution >= 4 is 16.8 Å². The summed E-state index contributed by atoms with van der Waals surface area (Å²) in [5.74, 6) is -1.38. The molecule has 1 amide bonds. The van der Waals surface area contributed by atoms with Crippen molar-refractivity contribution in [2.45, 2.75) is 13.0 Å². The van der Waals surface area contributed by atoms with E-state index >= 15 is 0 Å². The van der Waals surface area contributed by atoms with E-state index in [1.807, 2.05) is 42.1 Å². The molecule has 0 bridgehead atoms. The van der Waals surface area contributed by atoms with E-state index in [1.54, 1.807) is 0 Å². The van der Waals surface area contributed by atoms with Gasteiger partial charge in [0, 0.05) is 36.3 Å². The molecule has 0 fully saturated rings. The molecule has 28 heavy (non-hydrogen) atoms. The summed E-state index contributed by atoms with van der Waals surface area (Å²) >= 11 is 0. The lowest BCUT2D eigenvalue weighted by Crippen LogP contribution is -2.24. The fourth-order valence-electron chi connectivity index (χ4n) is 3.20. The number of aryl methyl sites for hydroxylation is 1. The van der Waals surface area contributed by atoms with Crippen LogP contribution in [0.4, 0.5) is 8.78 Å². The van der Waals surface area contributed by atoms with Crippen LogP contribution >= 0.6 is 0 Å². The molecule has 0 aliphatic carbocycles. The van der Waals surface area contributed by atoms with Crippen LogP contribution in [0.2, 0.25) is 0 Å². The molecule has 142 valence electrons. The number of nitrogens with one attached hydrogen (secondary N) is 1. The highest BCUT2D eigenvalue weighted by Gasteiger charge is 2.14. The Labute approximate surface area is 159 Å². The second-order valence-electron chi connectivity index (χ2n) is 6.54. The van der Waals surface area contributed by atoms with E-state index in [4.69, 9.17) is 4.52 Å². The summed E-state index contributed by atoms with van der Waals surface area (Å²) in [6.07, 6.45) is 2.18. The second-order valence-corrected chi connectivity index (χ2v) is 6.54. The number of halogens is 2. The summed E-state index contributed by atoms with van der Waals surface area (Å²) in [4.78, 5) is 12.3. The van der Waals surface area contributed by atoms with Gasteiger partial charge < -0.3 is 14.4 Å². The van der Waals surface area contributed by atoms with Gasteiger partial charge in [0.1, 0.15) is 17.3 Å². The van der Waals surface area contributed by atoms with Crippen molar-refractivity contribution in [1.29, 1.82) is 0 Å². The smallest absolute Gasteiger partial charge is 0.224 e. The standard InChI is InChI=1S/C21H17F2N3O2/c1-26-12-13(16-4-2-3-5-19(16)26)8-21(27)24-11-15-10-20(28-25-15)17-7-6-14(22)9-18(17)23/h2-7,9-10,12H,8,11H2,1H3,(H,24,27). The van der Waals surface area contributed by atoms with Gasteiger partial charge >= 0.3 is 0 Å². The van der Waals surface area contributed by atoms with E-state index in [0.29, 0.717) is 5.69 Å². The maximum absolute atomic E-state index is 13.8. The van der Waals surface area contributed by atoms with Crippen LogP contribution in [0.3, 0.4) is 0 Å². The average molecular weight is 381 g/mol. The largest absolute Gasteiger partial charge is 0.356 e. The number of fused-ring (bicyclic) bond motifs is 1. The van der Waals surface area contributed by atoms with Crippen molar-refractivity contribution in [3.63, 3.8) is 0 Å². The number of benzene rings is 2. The van der Waals surface area contributed by atoms with Crippen molar-refractivity contribution in [3.8, 4) is 11.3 Å². The number of hydrogen-bond donors (Lipinski definition) is 1. The van der Waals surface area contributed by atoms with Crippen LogP contribution < -0.4 is 5.32 Å². The molecular weight excluding hydrogens is 364 g/mol. The number of aromatic nitrogens is 2. The van der Waals surface area contributed by atoms with Crippen molar-refractivity contribution in [1.82, 2.24) is 15.0 Å². The second kappa shape index (κ2) is 7.26. The average Bonchev–Trinajstić information content (AvgIpc) is 3.26. The molecule has 4 aromatic rings. The zero-order valence-corrected chi connectivity index (χ0v) is 15.1. The Morgan fingerprint density at radius 2 is 2.00 bits per heavy atom. The lowest BCUT2D eigenvalue weighted by Gasteiger charge is -2.02. The Hall–Kier alpha value is -3.48. The summed E-state index contributed by atoms with van der Waals surface area (Å²) in [5.41, 5.74) is 2.56. The fourth-order valence-corrected chi connectivity index (χ4v) is 3.20. The minimum absolute atomic E-state index is 0.113. The molecule has 2 aromatic carbocycles. The predicted molar refractivity (Wildman–Crippen MR) is 100 cm³/mol. The number of amides is 1. The van der Waals surface area contributed by atoms with Crippen LogP contribution in [-0.4, -0.2) is 15.6 Å². The topological polar surface area (TPSA) is 60.1 Å². The highest BCUT2D eigenvalue weighted by atomic mass is 19.1. The zero-order chi connectivity index (χ0) is 19.7. The molecule has 7 heteroatoms. The van der Waals surface area contributed by atoms with Gasteiger partial charge in [-0.05, 0) is 23.8 Å². The van der Waals surface area contributed by atoms with Crippen molar-refractivity contribution in [2.75, 3.05) is 0 Å². The molecule has 0 spiro atoms. The summed E-state index contributed by atoms with van der Waals surface area (Å²) in [6.45, 7) is 0.149. The molecule has 0 radical (unpaired) electrons. The molecular formula is C21H17F2N3O2. The maximum Gasteiger partial charge on any atom is 0.224 e. The third-order valence-electron chi connectivity index (χ3n) is 4.55. The number of carbonyl (C=O) groups is 1. The third kappa shape index (κ3) is 3.51. The van der Waals surface area contributed by atoms with Gasteiger partial charge in [-0.25, -0.2) is 8.78 Å². The van der Waals surface area contributed by atoms with Crippen LogP contribution in [0.1, 0.15) is 11.3 Å². The molecule has 0 aliphatic heterocycles. The van der Waals surface area contributed by atoms with Crippen LogP contribution in [0.25, 0.3) is 22.2 Å². The first-order chi connectivity index (χ1) is 13.5. The number of nitrogens with zero attached hydrogens (tertiary/aromatic N) is 2. The van der Waals surface area contributed by atoms with Gasteiger partial charge in [-0.1, -0.05) is 23.4 Å². The van der Waals surface area contributed by atoms with E-state index in [9.17, 15) is 13.6 Å². The number of hydrogen-bond acceptors (Lipinski definition) is 3. The minimum atomic E-state index is -0.734. The minimum Gasteiger partial charge on any atom is -0.356 e. The van der Waals surface area contributed by atoms with Gasteiger partial charge in [-0.15, -0.1) is 0 Å². The molecule has 0 atom stereocenters. The molecule has 1 N–H and O–H groups in total. The maximum atomic E-state index is 13.8. The molecule has 2 aromatic heterocycles. The lowest BCUT2D eigenvalue weighted by molar-refractivity contribution is -0.120. The van der Waals surface area contributed by atoms with E-state index in [0.717, 1.165) is 28.6 Å². The van der Waals surface area contributed by atoms with Crippen LogP contribution in [-0.2, 0) is 24.8 Å². The molecule has 0 saturated heterocycles. The molecule has 4 rings (SSSR count). The fraction of sp³-hybridized carbons (Fsp3) is 0.143. The van der Waals surface area contributed by atoms with E-state index in [-0.39, 0.29) is 30.2 Å². The van der Waals surface area contributed by atoms with Gasteiger partial charge in [0.25, 0.3) is 0 Å². The van der Waals surface area contributed by atoms with Crippen LogP contribution in [0.5, 0.6) is 0 Å². The lowest BCUT2D eigenvalue weighted by atomic mass is 10.1. The van der Waals surface area contributed by atoms with Gasteiger partial charge in [0.05, 0.1) is 18.5 Å². The van der Waals surface area contributed by atoms with Gasteiger partial charge in [-0.3, -0.25) is 4.79 Å². The first kappa shape index (κ1) is 17.9. The quantitative estimate of drug-likeness (QED) is 0.569. The molecule has 2 heterocycles. The van der Waals surface area contributed by atoms with Crippen molar-refractivity contribution in [3.05, 3.63) is 77.6 Å². The number of carbonyl (C=O) groups excluding carboxylic acids is 1. The molecule has 0 aliphatic rings. The Kier molecular flexibility index (Phi) is 4.65. The van der Waals surface area contributed by atoms with Gasteiger partial charge in [-0.2, -0.15) is 0 Å². The molecule has 0 unspecified atom stereocenters. The van der Waals surface area contributed by atoms with E-state index in [1.165, 1.54) is 12.1 Å². The highest BCUT2D eigenvalue weighted by Crippen LogP contribution is 2.24. The molecule has 0 saturated carbocycles. The Morgan fingerprint density at radius 3 is 2.82 bits per heavy atom. The summed E-state index contributed by atoms with van der Waals surface area (Å²) in [6, 6.07) is 12.6. The summed E-state index contributed by atoms with van der Waals surface area (Å²) in [5, 5.41) is 7.66. The predicted octanol–water partition coefficient (Wildman–Crippen LogP) is 3.97. The monoisotopic (exact) mass is 381 g/mol. The van der Waals surface area contributed by atoms with Crippen LogP contribution in [0.15, 0.2) is 59.3 Å². The van der Waals surface area contributed by atoms with E-state index < -0.39 is 11.6 Å².